The zero-order chi connectivity index (χ0) is 11.5. The van der Waals surface area contributed by atoms with Crippen molar-refractivity contribution in [2.75, 3.05) is 0 Å². The minimum Gasteiger partial charge on any atom is -0.243 e. The normalized spacial score (nSPS) is 10.2. The molecule has 0 saturated heterocycles. The van der Waals surface area contributed by atoms with Crippen LogP contribution in [0.1, 0.15) is 0 Å². The van der Waals surface area contributed by atoms with Crippen LogP contribution < -0.4 is 5.32 Å². The van der Waals surface area contributed by atoms with Gasteiger partial charge < -0.3 is 0 Å². The minimum absolute atomic E-state index is 0.409. The van der Waals surface area contributed by atoms with Crippen molar-refractivity contribution in [2.24, 2.45) is 0 Å². The third-order valence-corrected chi connectivity index (χ3v) is 1.98. The second-order valence-electron chi connectivity index (χ2n) is 3.17. The second-order valence-corrected chi connectivity index (χ2v) is 3.17. The molecule has 1 nitrogen and oxygen atoms in total. The lowest BCUT2D eigenvalue weighted by Gasteiger charge is -2.05. The molecule has 0 unspecified atom stereocenters. The molecule has 0 heterocycles. The highest BCUT2D eigenvalue weighted by molar-refractivity contribution is 5.50. The molecule has 1 radical (unpaired) electrons. The summed E-state index contributed by atoms with van der Waals surface area (Å²) in [4.78, 5) is 0. The zero-order valence-electron chi connectivity index (χ0n) is 8.12. The fraction of sp³-hybridized carbons (Fsp3) is 0. The molecule has 0 aromatic heterocycles. The highest BCUT2D eigenvalue weighted by Gasteiger charge is 2.12. The smallest absolute Gasteiger partial charge is 0.154 e. The molecule has 0 spiro atoms. The van der Waals surface area contributed by atoms with Gasteiger partial charge in [0.05, 0.1) is 5.69 Å². The summed E-state index contributed by atoms with van der Waals surface area (Å²) in [5.74, 6) is -2.98. The molecule has 4 heteroatoms. The average Bonchev–Trinajstić information content (AvgIpc) is 2.25. The molecule has 2 aromatic carbocycles. The van der Waals surface area contributed by atoms with E-state index in [4.69, 9.17) is 0 Å². The van der Waals surface area contributed by atoms with E-state index in [9.17, 15) is 13.2 Å². The van der Waals surface area contributed by atoms with Crippen LogP contribution in [-0.4, -0.2) is 0 Å². The minimum atomic E-state index is -1.01. The lowest BCUT2D eigenvalue weighted by Crippen LogP contribution is -1.97. The Morgan fingerprint density at radius 1 is 0.812 bits per heavy atom. The van der Waals surface area contributed by atoms with Crippen LogP contribution in [0.25, 0.3) is 0 Å². The van der Waals surface area contributed by atoms with Crippen LogP contribution in [0.3, 0.4) is 0 Å². The maximum Gasteiger partial charge on any atom is 0.154 e. The highest BCUT2D eigenvalue weighted by atomic mass is 19.1. The standard InChI is InChI=1S/C12H7F3N/c13-8-6-10(14)12(11(15)7-8)16-9-4-2-1-3-5-9/h1-7H. The predicted octanol–water partition coefficient (Wildman–Crippen LogP) is 3.67. The van der Waals surface area contributed by atoms with Crippen LogP contribution in [0, 0.1) is 17.5 Å². The van der Waals surface area contributed by atoms with Gasteiger partial charge in [0, 0.05) is 12.1 Å². The topological polar surface area (TPSA) is 14.1 Å². The van der Waals surface area contributed by atoms with Crippen molar-refractivity contribution in [2.45, 2.75) is 0 Å². The molecule has 0 saturated carbocycles. The number of hydrogen-bond acceptors (Lipinski definition) is 0. The number of nitrogens with zero attached hydrogens (tertiary/aromatic N) is 1. The average molecular weight is 222 g/mol. The number of halogens is 3. The number of para-hydroxylation sites is 1. The van der Waals surface area contributed by atoms with E-state index in [0.29, 0.717) is 17.8 Å². The molecule has 81 valence electrons. The van der Waals surface area contributed by atoms with Crippen molar-refractivity contribution in [1.29, 1.82) is 0 Å². The lowest BCUT2D eigenvalue weighted by molar-refractivity contribution is 0.541. The van der Waals surface area contributed by atoms with E-state index in [1.54, 1.807) is 30.3 Å². The Kier molecular flexibility index (Phi) is 2.81. The van der Waals surface area contributed by atoms with E-state index in [0.717, 1.165) is 0 Å². The first-order valence-corrected chi connectivity index (χ1v) is 4.58. The van der Waals surface area contributed by atoms with Crippen molar-refractivity contribution in [3.63, 3.8) is 0 Å². The Balaban J connectivity index is 2.35. The largest absolute Gasteiger partial charge is 0.243 e. The van der Waals surface area contributed by atoms with E-state index >= 15 is 0 Å². The van der Waals surface area contributed by atoms with E-state index in [-0.39, 0.29) is 0 Å². The summed E-state index contributed by atoms with van der Waals surface area (Å²) in [6.07, 6.45) is 0. The van der Waals surface area contributed by atoms with Crippen molar-refractivity contribution in [3.05, 3.63) is 59.9 Å². The summed E-state index contributed by atoms with van der Waals surface area (Å²) in [5.41, 5.74) is -0.0699. The Morgan fingerprint density at radius 3 is 1.94 bits per heavy atom. The van der Waals surface area contributed by atoms with E-state index in [1.807, 2.05) is 0 Å². The van der Waals surface area contributed by atoms with Crippen molar-refractivity contribution in [3.8, 4) is 0 Å². The monoisotopic (exact) mass is 222 g/mol. The molecular formula is C12H7F3N. The summed E-state index contributed by atoms with van der Waals surface area (Å²) < 4.78 is 39.1. The zero-order valence-corrected chi connectivity index (χ0v) is 8.12. The Hall–Kier alpha value is -1.97. The van der Waals surface area contributed by atoms with Gasteiger partial charge >= 0.3 is 0 Å². The quantitative estimate of drug-likeness (QED) is 0.736. The SMILES string of the molecule is Fc1cc(F)c([N]c2ccccc2)c(F)c1. The van der Waals surface area contributed by atoms with Crippen molar-refractivity contribution < 1.29 is 13.2 Å². The summed E-state index contributed by atoms with van der Waals surface area (Å²) in [7, 11) is 0. The number of hydrogen-bond donors (Lipinski definition) is 0. The van der Waals surface area contributed by atoms with Crippen LogP contribution in [-0.2, 0) is 0 Å². The van der Waals surface area contributed by atoms with Crippen LogP contribution in [0.5, 0.6) is 0 Å². The third kappa shape index (κ3) is 2.16. The van der Waals surface area contributed by atoms with Gasteiger partial charge in [-0.3, -0.25) is 0 Å². The Morgan fingerprint density at radius 2 is 1.38 bits per heavy atom. The fourth-order valence-corrected chi connectivity index (χ4v) is 1.27. The molecular weight excluding hydrogens is 215 g/mol. The second kappa shape index (κ2) is 4.26. The van der Waals surface area contributed by atoms with Gasteiger partial charge in [-0.2, -0.15) is 0 Å². The first-order chi connectivity index (χ1) is 7.66. The number of benzene rings is 2. The lowest BCUT2D eigenvalue weighted by atomic mass is 10.2. The molecule has 0 bridgehead atoms. The van der Waals surface area contributed by atoms with Gasteiger partial charge in [0.15, 0.2) is 11.6 Å². The summed E-state index contributed by atoms with van der Waals surface area (Å²) in [6, 6.07) is 9.55. The van der Waals surface area contributed by atoms with Crippen LogP contribution in [0.2, 0.25) is 0 Å². The van der Waals surface area contributed by atoms with E-state index < -0.39 is 23.1 Å². The first-order valence-electron chi connectivity index (χ1n) is 4.58. The molecule has 0 aliphatic rings. The van der Waals surface area contributed by atoms with Gasteiger partial charge in [0.2, 0.25) is 0 Å². The Bertz CT molecular complexity index is 474. The van der Waals surface area contributed by atoms with Gasteiger partial charge in [-0.25, -0.2) is 18.5 Å². The molecule has 16 heavy (non-hydrogen) atoms. The molecule has 0 aliphatic heterocycles. The summed E-state index contributed by atoms with van der Waals surface area (Å²) in [6.45, 7) is 0. The Labute approximate surface area is 90.5 Å². The molecule has 0 amide bonds. The fourth-order valence-electron chi connectivity index (χ4n) is 1.27. The van der Waals surface area contributed by atoms with Gasteiger partial charge in [-0.05, 0) is 12.1 Å². The maximum absolute atomic E-state index is 13.2. The van der Waals surface area contributed by atoms with Crippen LogP contribution >= 0.6 is 0 Å². The van der Waals surface area contributed by atoms with E-state index in [1.165, 1.54) is 0 Å². The maximum atomic E-state index is 13.2. The van der Waals surface area contributed by atoms with E-state index in [2.05, 4.69) is 5.32 Å². The molecule has 2 aromatic rings. The molecule has 2 rings (SSSR count). The first kappa shape index (κ1) is 10.5. The van der Waals surface area contributed by atoms with Crippen molar-refractivity contribution >= 4 is 11.4 Å². The van der Waals surface area contributed by atoms with Gasteiger partial charge in [-0.1, -0.05) is 18.2 Å². The number of rotatable bonds is 2. The molecule has 0 N–H and O–H groups in total. The van der Waals surface area contributed by atoms with Gasteiger partial charge in [0.25, 0.3) is 0 Å². The third-order valence-electron chi connectivity index (χ3n) is 1.98. The predicted molar refractivity (Wildman–Crippen MR) is 54.2 cm³/mol. The summed E-state index contributed by atoms with van der Waals surface area (Å²) in [5, 5.41) is 3.76. The van der Waals surface area contributed by atoms with Crippen LogP contribution in [0.4, 0.5) is 24.5 Å². The summed E-state index contributed by atoms with van der Waals surface area (Å²) >= 11 is 0. The van der Waals surface area contributed by atoms with Crippen molar-refractivity contribution in [1.82, 2.24) is 5.32 Å². The molecule has 0 aliphatic carbocycles. The molecule has 0 fully saturated rings. The molecule has 0 atom stereocenters. The van der Waals surface area contributed by atoms with Crippen LogP contribution in [0.15, 0.2) is 42.5 Å². The van der Waals surface area contributed by atoms with Gasteiger partial charge in [-0.15, -0.1) is 0 Å². The highest BCUT2D eigenvalue weighted by Crippen LogP contribution is 2.24. The van der Waals surface area contributed by atoms with Gasteiger partial charge in [0.1, 0.15) is 11.5 Å².